The molecular weight excluding hydrogens is 286 g/mol. The van der Waals surface area contributed by atoms with Crippen molar-refractivity contribution in [3.8, 4) is 0 Å². The summed E-state index contributed by atoms with van der Waals surface area (Å²) in [7, 11) is 0. The SMILES string of the molecule is Nc1cc(Cl)ccc1NC(=O)CCCN1CC2CCC1C2. The normalized spacial score (nSPS) is 24.4. The lowest BCUT2D eigenvalue weighted by Gasteiger charge is -2.26. The fourth-order valence-electron chi connectivity index (χ4n) is 3.60. The number of nitrogen functional groups attached to an aromatic ring is 1. The van der Waals surface area contributed by atoms with E-state index in [0.717, 1.165) is 24.9 Å². The number of fused-ring (bicyclic) bond motifs is 2. The van der Waals surface area contributed by atoms with Gasteiger partial charge in [0.15, 0.2) is 0 Å². The zero-order chi connectivity index (χ0) is 14.8. The minimum Gasteiger partial charge on any atom is -0.397 e. The number of rotatable bonds is 5. The Morgan fingerprint density at radius 2 is 2.29 bits per heavy atom. The Bertz CT molecular complexity index is 534. The highest BCUT2D eigenvalue weighted by molar-refractivity contribution is 6.31. The number of likely N-dealkylation sites (tertiary alicyclic amines) is 1. The van der Waals surface area contributed by atoms with E-state index in [1.807, 2.05) is 0 Å². The van der Waals surface area contributed by atoms with Crippen molar-refractivity contribution in [1.29, 1.82) is 0 Å². The summed E-state index contributed by atoms with van der Waals surface area (Å²) in [5.41, 5.74) is 6.98. The van der Waals surface area contributed by atoms with Gasteiger partial charge in [0.1, 0.15) is 0 Å². The van der Waals surface area contributed by atoms with Crippen molar-refractivity contribution in [2.45, 2.75) is 38.1 Å². The molecule has 1 saturated carbocycles. The Labute approximate surface area is 130 Å². The monoisotopic (exact) mass is 307 g/mol. The number of nitrogens with zero attached hydrogens (tertiary/aromatic N) is 1. The minimum atomic E-state index is 0.0216. The third kappa shape index (κ3) is 3.50. The first-order chi connectivity index (χ1) is 10.1. The number of hydrogen-bond donors (Lipinski definition) is 2. The Balaban J connectivity index is 1.42. The summed E-state index contributed by atoms with van der Waals surface area (Å²) >= 11 is 5.84. The summed E-state index contributed by atoms with van der Waals surface area (Å²) in [5.74, 6) is 0.936. The molecular formula is C16H22ClN3O. The van der Waals surface area contributed by atoms with Crippen molar-refractivity contribution in [2.24, 2.45) is 5.92 Å². The quantitative estimate of drug-likeness (QED) is 0.822. The first-order valence-electron chi connectivity index (χ1n) is 7.71. The molecule has 1 aliphatic carbocycles. The largest absolute Gasteiger partial charge is 0.397 e. The van der Waals surface area contributed by atoms with Crippen LogP contribution in [0.15, 0.2) is 18.2 Å². The molecule has 2 fully saturated rings. The number of carbonyl (C=O) groups excluding carboxylic acids is 1. The van der Waals surface area contributed by atoms with Crippen LogP contribution in [-0.4, -0.2) is 29.9 Å². The number of nitrogens with two attached hydrogens (primary N) is 1. The molecule has 1 saturated heterocycles. The number of benzene rings is 1. The molecule has 0 aromatic heterocycles. The molecule has 1 aromatic rings. The molecule has 21 heavy (non-hydrogen) atoms. The average molecular weight is 308 g/mol. The zero-order valence-electron chi connectivity index (χ0n) is 12.1. The second-order valence-corrected chi connectivity index (χ2v) is 6.65. The first-order valence-corrected chi connectivity index (χ1v) is 8.08. The zero-order valence-corrected chi connectivity index (χ0v) is 12.9. The van der Waals surface area contributed by atoms with Gasteiger partial charge in [0, 0.05) is 24.0 Å². The summed E-state index contributed by atoms with van der Waals surface area (Å²) in [6.07, 6.45) is 5.56. The van der Waals surface area contributed by atoms with Crippen LogP contribution < -0.4 is 11.1 Å². The molecule has 3 rings (SSSR count). The van der Waals surface area contributed by atoms with Gasteiger partial charge in [-0.05, 0) is 56.3 Å². The van der Waals surface area contributed by atoms with Gasteiger partial charge in [-0.1, -0.05) is 11.6 Å². The highest BCUT2D eigenvalue weighted by Crippen LogP contribution is 2.37. The topological polar surface area (TPSA) is 58.4 Å². The number of nitrogens with one attached hydrogen (secondary N) is 1. The molecule has 114 valence electrons. The minimum absolute atomic E-state index is 0.0216. The molecule has 2 aliphatic rings. The van der Waals surface area contributed by atoms with Crippen molar-refractivity contribution in [2.75, 3.05) is 24.1 Å². The summed E-state index contributed by atoms with van der Waals surface area (Å²) in [6.45, 7) is 2.26. The van der Waals surface area contributed by atoms with Crippen molar-refractivity contribution in [1.82, 2.24) is 4.90 Å². The van der Waals surface area contributed by atoms with Gasteiger partial charge in [0.2, 0.25) is 5.91 Å². The Morgan fingerprint density at radius 1 is 1.43 bits per heavy atom. The van der Waals surface area contributed by atoms with Gasteiger partial charge >= 0.3 is 0 Å². The van der Waals surface area contributed by atoms with E-state index in [0.29, 0.717) is 22.8 Å². The number of carbonyl (C=O) groups is 1. The molecule has 0 radical (unpaired) electrons. The first kappa shape index (κ1) is 14.7. The van der Waals surface area contributed by atoms with E-state index in [1.165, 1.54) is 25.8 Å². The van der Waals surface area contributed by atoms with Gasteiger partial charge in [0.25, 0.3) is 0 Å². The van der Waals surface area contributed by atoms with Crippen LogP contribution in [0, 0.1) is 5.92 Å². The molecule has 2 unspecified atom stereocenters. The van der Waals surface area contributed by atoms with E-state index in [2.05, 4.69) is 10.2 Å². The number of halogens is 1. The summed E-state index contributed by atoms with van der Waals surface area (Å²) in [6, 6.07) is 5.91. The Kier molecular flexibility index (Phi) is 4.36. The van der Waals surface area contributed by atoms with E-state index in [9.17, 15) is 4.79 Å². The molecule has 1 amide bonds. The molecule has 0 spiro atoms. The molecule has 1 aromatic carbocycles. The van der Waals surface area contributed by atoms with Crippen LogP contribution in [-0.2, 0) is 4.79 Å². The highest BCUT2D eigenvalue weighted by Gasteiger charge is 2.37. The maximum atomic E-state index is 12.0. The standard InChI is InChI=1S/C16H22ClN3O/c17-12-4-6-15(14(18)9-12)19-16(21)2-1-7-20-10-11-3-5-13(20)8-11/h4,6,9,11,13H,1-3,5,7-8,10,18H2,(H,19,21). The van der Waals surface area contributed by atoms with Gasteiger partial charge in [-0.15, -0.1) is 0 Å². The lowest BCUT2D eigenvalue weighted by Crippen LogP contribution is -2.33. The number of piperidine rings is 1. The van der Waals surface area contributed by atoms with Crippen molar-refractivity contribution < 1.29 is 4.79 Å². The highest BCUT2D eigenvalue weighted by atomic mass is 35.5. The molecule has 2 atom stereocenters. The van der Waals surface area contributed by atoms with E-state index in [4.69, 9.17) is 17.3 Å². The lowest BCUT2D eigenvalue weighted by atomic mass is 10.1. The maximum absolute atomic E-state index is 12.0. The van der Waals surface area contributed by atoms with Crippen LogP contribution in [0.5, 0.6) is 0 Å². The van der Waals surface area contributed by atoms with Crippen LogP contribution in [0.25, 0.3) is 0 Å². The number of amides is 1. The van der Waals surface area contributed by atoms with Crippen LogP contribution in [0.3, 0.4) is 0 Å². The summed E-state index contributed by atoms with van der Waals surface area (Å²) in [4.78, 5) is 14.5. The Morgan fingerprint density at radius 3 is 2.95 bits per heavy atom. The van der Waals surface area contributed by atoms with Crippen LogP contribution in [0.2, 0.25) is 5.02 Å². The van der Waals surface area contributed by atoms with E-state index in [1.54, 1.807) is 18.2 Å². The average Bonchev–Trinajstić information content (AvgIpc) is 3.04. The van der Waals surface area contributed by atoms with Crippen LogP contribution in [0.4, 0.5) is 11.4 Å². The number of anilines is 2. The molecule has 4 nitrogen and oxygen atoms in total. The Hall–Kier alpha value is -1.26. The van der Waals surface area contributed by atoms with Gasteiger partial charge in [0.05, 0.1) is 11.4 Å². The van der Waals surface area contributed by atoms with E-state index < -0.39 is 0 Å². The van der Waals surface area contributed by atoms with Crippen LogP contribution in [0.1, 0.15) is 32.1 Å². The third-order valence-electron chi connectivity index (χ3n) is 4.66. The molecule has 1 aliphatic heterocycles. The molecule has 3 N–H and O–H groups in total. The smallest absolute Gasteiger partial charge is 0.224 e. The second-order valence-electron chi connectivity index (χ2n) is 6.21. The fourth-order valence-corrected chi connectivity index (χ4v) is 3.78. The van der Waals surface area contributed by atoms with Crippen LogP contribution >= 0.6 is 11.6 Å². The van der Waals surface area contributed by atoms with E-state index >= 15 is 0 Å². The number of hydrogen-bond acceptors (Lipinski definition) is 3. The third-order valence-corrected chi connectivity index (χ3v) is 4.89. The van der Waals surface area contributed by atoms with Gasteiger partial charge < -0.3 is 16.0 Å². The van der Waals surface area contributed by atoms with Crippen molar-refractivity contribution in [3.63, 3.8) is 0 Å². The van der Waals surface area contributed by atoms with Gasteiger partial charge in [-0.3, -0.25) is 4.79 Å². The molecule has 5 heteroatoms. The summed E-state index contributed by atoms with van der Waals surface area (Å²) in [5, 5.41) is 3.43. The molecule has 2 bridgehead atoms. The van der Waals surface area contributed by atoms with Gasteiger partial charge in [-0.25, -0.2) is 0 Å². The fraction of sp³-hybridized carbons (Fsp3) is 0.562. The van der Waals surface area contributed by atoms with E-state index in [-0.39, 0.29) is 5.91 Å². The lowest BCUT2D eigenvalue weighted by molar-refractivity contribution is -0.116. The predicted molar refractivity (Wildman–Crippen MR) is 86.4 cm³/mol. The summed E-state index contributed by atoms with van der Waals surface area (Å²) < 4.78 is 0. The second kappa shape index (κ2) is 6.24. The maximum Gasteiger partial charge on any atom is 0.224 e. The molecule has 1 heterocycles. The van der Waals surface area contributed by atoms with Crippen molar-refractivity contribution in [3.05, 3.63) is 23.2 Å². The predicted octanol–water partition coefficient (Wildman–Crippen LogP) is 3.13. The van der Waals surface area contributed by atoms with Crippen molar-refractivity contribution >= 4 is 28.9 Å². The van der Waals surface area contributed by atoms with Gasteiger partial charge in [-0.2, -0.15) is 0 Å².